The van der Waals surface area contributed by atoms with Crippen molar-refractivity contribution in [3.63, 3.8) is 0 Å². The second kappa shape index (κ2) is 8.24. The highest BCUT2D eigenvalue weighted by Crippen LogP contribution is 2.16. The molecule has 0 saturated carbocycles. The fourth-order valence-electron chi connectivity index (χ4n) is 2.03. The van der Waals surface area contributed by atoms with E-state index < -0.39 is 21.8 Å². The lowest BCUT2D eigenvalue weighted by atomic mass is 10.2. The molecule has 0 unspecified atom stereocenters. The number of aryl methyl sites for hydroxylation is 2. The average molecular weight is 381 g/mol. The van der Waals surface area contributed by atoms with Crippen LogP contribution in [0.25, 0.3) is 0 Å². The van der Waals surface area contributed by atoms with Gasteiger partial charge in [-0.1, -0.05) is 18.2 Å². The molecule has 0 bridgehead atoms. The third-order valence-electron chi connectivity index (χ3n) is 3.34. The summed E-state index contributed by atoms with van der Waals surface area (Å²) in [7, 11) is -3.69. The van der Waals surface area contributed by atoms with Crippen molar-refractivity contribution in [3.8, 4) is 0 Å². The first-order chi connectivity index (χ1) is 11.8. The van der Waals surface area contributed by atoms with Crippen LogP contribution < -0.4 is 15.6 Å². The van der Waals surface area contributed by atoms with Crippen LogP contribution in [0.1, 0.15) is 27.2 Å². The van der Waals surface area contributed by atoms with Gasteiger partial charge in [0.05, 0.1) is 9.77 Å². The van der Waals surface area contributed by atoms with Gasteiger partial charge in [0.2, 0.25) is 15.9 Å². The van der Waals surface area contributed by atoms with E-state index in [1.807, 2.05) is 13.0 Å². The van der Waals surface area contributed by atoms with Crippen molar-refractivity contribution in [1.82, 2.24) is 15.6 Å². The highest BCUT2D eigenvalue weighted by Gasteiger charge is 2.17. The van der Waals surface area contributed by atoms with Crippen LogP contribution in [0.5, 0.6) is 0 Å². The Morgan fingerprint density at radius 3 is 2.56 bits per heavy atom. The van der Waals surface area contributed by atoms with E-state index in [1.54, 1.807) is 36.6 Å². The van der Waals surface area contributed by atoms with E-state index in [9.17, 15) is 18.0 Å². The standard InChI is InChI=1S/C16H19N3O4S2/c1-11-5-6-12(2)14(10-11)25(22,23)17-8-7-15(20)18-19-16(21)13-4-3-9-24-13/h3-6,9-10,17H,7-8H2,1-2H3,(H,18,20)(H,19,21). The molecule has 1 aromatic carbocycles. The lowest BCUT2D eigenvalue weighted by Crippen LogP contribution is -2.42. The number of amides is 2. The third kappa shape index (κ3) is 5.38. The van der Waals surface area contributed by atoms with Crippen LogP contribution in [0.2, 0.25) is 0 Å². The van der Waals surface area contributed by atoms with Gasteiger partial charge in [-0.2, -0.15) is 0 Å². The fourth-order valence-corrected chi connectivity index (χ4v) is 4.01. The molecule has 7 nitrogen and oxygen atoms in total. The van der Waals surface area contributed by atoms with Crippen LogP contribution in [-0.4, -0.2) is 26.8 Å². The first kappa shape index (κ1) is 19.1. The maximum atomic E-state index is 12.3. The molecule has 2 aromatic rings. The summed E-state index contributed by atoms with van der Waals surface area (Å²) in [6.07, 6.45) is -0.102. The summed E-state index contributed by atoms with van der Waals surface area (Å²) < 4.78 is 27.0. The smallest absolute Gasteiger partial charge is 0.273 e. The summed E-state index contributed by atoms with van der Waals surface area (Å²) in [5.74, 6) is -0.909. The monoisotopic (exact) mass is 381 g/mol. The van der Waals surface area contributed by atoms with Crippen molar-refractivity contribution in [2.24, 2.45) is 0 Å². The number of rotatable bonds is 6. The minimum Gasteiger partial charge on any atom is -0.273 e. The van der Waals surface area contributed by atoms with Gasteiger partial charge >= 0.3 is 0 Å². The Morgan fingerprint density at radius 1 is 1.12 bits per heavy atom. The van der Waals surface area contributed by atoms with Crippen LogP contribution in [0, 0.1) is 13.8 Å². The van der Waals surface area contributed by atoms with E-state index >= 15 is 0 Å². The van der Waals surface area contributed by atoms with Crippen molar-refractivity contribution >= 4 is 33.2 Å². The summed E-state index contributed by atoms with van der Waals surface area (Å²) in [4.78, 5) is 24.0. The molecule has 0 radical (unpaired) electrons. The quantitative estimate of drug-likeness (QED) is 0.660. The Hall–Kier alpha value is -2.23. The van der Waals surface area contributed by atoms with Crippen LogP contribution in [-0.2, 0) is 14.8 Å². The molecule has 0 aliphatic heterocycles. The predicted molar refractivity (Wildman–Crippen MR) is 95.6 cm³/mol. The molecule has 1 aromatic heterocycles. The molecule has 134 valence electrons. The number of carbonyl (C=O) groups is 2. The maximum Gasteiger partial charge on any atom is 0.279 e. The van der Waals surface area contributed by atoms with Gasteiger partial charge in [-0.3, -0.25) is 20.4 Å². The molecule has 9 heteroatoms. The molecule has 3 N–H and O–H groups in total. The minimum absolute atomic E-state index is 0.0730. The minimum atomic E-state index is -3.69. The zero-order chi connectivity index (χ0) is 18.4. The number of thiophene rings is 1. The number of nitrogens with one attached hydrogen (secondary N) is 3. The molecule has 2 rings (SSSR count). The molecule has 25 heavy (non-hydrogen) atoms. The van der Waals surface area contributed by atoms with E-state index in [0.717, 1.165) is 5.56 Å². The summed E-state index contributed by atoms with van der Waals surface area (Å²) in [5, 5.41) is 1.75. The molecule has 0 saturated heterocycles. The molecular formula is C16H19N3O4S2. The maximum absolute atomic E-state index is 12.3. The Bertz CT molecular complexity index is 862. The van der Waals surface area contributed by atoms with Gasteiger partial charge in [0.15, 0.2) is 0 Å². The van der Waals surface area contributed by atoms with Gasteiger partial charge < -0.3 is 0 Å². The molecule has 2 amide bonds. The van der Waals surface area contributed by atoms with Gasteiger partial charge in [-0.05, 0) is 42.5 Å². The number of carbonyl (C=O) groups excluding carboxylic acids is 2. The van der Waals surface area contributed by atoms with Crippen molar-refractivity contribution < 1.29 is 18.0 Å². The molecule has 1 heterocycles. The number of benzene rings is 1. The number of hydrazine groups is 1. The predicted octanol–water partition coefficient (Wildman–Crippen LogP) is 1.49. The second-order valence-electron chi connectivity index (χ2n) is 5.40. The first-order valence-electron chi connectivity index (χ1n) is 7.49. The summed E-state index contributed by atoms with van der Waals surface area (Å²) in [5.41, 5.74) is 5.99. The Balaban J connectivity index is 1.82. The molecule has 0 spiro atoms. The normalized spacial score (nSPS) is 11.1. The zero-order valence-electron chi connectivity index (χ0n) is 13.8. The van der Waals surface area contributed by atoms with Gasteiger partial charge in [-0.25, -0.2) is 13.1 Å². The highest BCUT2D eigenvalue weighted by molar-refractivity contribution is 7.89. The summed E-state index contributed by atoms with van der Waals surface area (Å²) >= 11 is 1.25. The van der Waals surface area contributed by atoms with Crippen LogP contribution in [0.15, 0.2) is 40.6 Å². The average Bonchev–Trinajstić information content (AvgIpc) is 3.09. The molecule has 0 aliphatic carbocycles. The van der Waals surface area contributed by atoms with Crippen molar-refractivity contribution in [2.45, 2.75) is 25.2 Å². The van der Waals surface area contributed by atoms with Crippen LogP contribution >= 0.6 is 11.3 Å². The number of sulfonamides is 1. The van der Waals surface area contributed by atoms with E-state index in [2.05, 4.69) is 15.6 Å². The van der Waals surface area contributed by atoms with E-state index in [-0.39, 0.29) is 17.9 Å². The Kier molecular flexibility index (Phi) is 6.29. The molecule has 0 aliphatic rings. The second-order valence-corrected chi connectivity index (χ2v) is 8.08. The van der Waals surface area contributed by atoms with Crippen molar-refractivity contribution in [1.29, 1.82) is 0 Å². The van der Waals surface area contributed by atoms with Gasteiger partial charge in [0.25, 0.3) is 5.91 Å². The molecule has 0 atom stereocenters. The van der Waals surface area contributed by atoms with Crippen molar-refractivity contribution in [2.75, 3.05) is 6.54 Å². The number of hydrogen-bond acceptors (Lipinski definition) is 5. The third-order valence-corrected chi connectivity index (χ3v) is 5.81. The SMILES string of the molecule is Cc1ccc(C)c(S(=O)(=O)NCCC(=O)NNC(=O)c2cccs2)c1. The van der Waals surface area contributed by atoms with Crippen molar-refractivity contribution in [3.05, 3.63) is 51.7 Å². The largest absolute Gasteiger partial charge is 0.279 e. The topological polar surface area (TPSA) is 104 Å². The van der Waals surface area contributed by atoms with Gasteiger partial charge in [-0.15, -0.1) is 11.3 Å². The van der Waals surface area contributed by atoms with E-state index in [1.165, 1.54) is 11.3 Å². The van der Waals surface area contributed by atoms with Crippen LogP contribution in [0.4, 0.5) is 0 Å². The van der Waals surface area contributed by atoms with E-state index in [4.69, 9.17) is 0 Å². The first-order valence-corrected chi connectivity index (χ1v) is 9.85. The van der Waals surface area contributed by atoms with Gasteiger partial charge in [0.1, 0.15) is 0 Å². The lowest BCUT2D eigenvalue weighted by molar-refractivity contribution is -0.121. The summed E-state index contributed by atoms with van der Waals surface area (Å²) in [6, 6.07) is 8.50. The molecule has 0 fully saturated rings. The summed E-state index contributed by atoms with van der Waals surface area (Å²) in [6.45, 7) is 3.44. The van der Waals surface area contributed by atoms with E-state index in [0.29, 0.717) is 10.4 Å². The number of hydrogen-bond donors (Lipinski definition) is 3. The lowest BCUT2D eigenvalue weighted by Gasteiger charge is -2.10. The molecular weight excluding hydrogens is 362 g/mol. The Morgan fingerprint density at radius 2 is 1.88 bits per heavy atom. The fraction of sp³-hybridized carbons (Fsp3) is 0.250. The Labute approximate surface area is 150 Å². The highest BCUT2D eigenvalue weighted by atomic mass is 32.2. The van der Waals surface area contributed by atoms with Gasteiger partial charge in [0, 0.05) is 13.0 Å². The van der Waals surface area contributed by atoms with Crippen LogP contribution in [0.3, 0.4) is 0 Å². The zero-order valence-corrected chi connectivity index (χ0v) is 15.5.